The monoisotopic (exact) mass is 425 g/mol. The molecule has 0 aromatic heterocycles. The number of ether oxygens (including phenoxy) is 1. The van der Waals surface area contributed by atoms with Crippen molar-refractivity contribution in [3.63, 3.8) is 0 Å². The van der Waals surface area contributed by atoms with Gasteiger partial charge in [0, 0.05) is 35.5 Å². The number of carbonyl (C=O) groups is 1. The molecular formula is C21H17ClFN5O2. The Morgan fingerprint density at radius 2 is 2.10 bits per heavy atom. The standard InChI is InChI=1S/C21H17ClFN5O2/c1-2-30-20(29)28-7-6-12-13(8-24)19(27)21(10-25,11-26)18(14(12)9-28)17-15(22)4-3-5-16(17)23/h3-6,14,18H,2,7,9,27H2,1H3/t14-,18+/m0/s1. The molecule has 0 fully saturated rings. The maximum Gasteiger partial charge on any atom is 0.410 e. The van der Waals surface area contributed by atoms with Gasteiger partial charge in [-0.25, -0.2) is 9.18 Å². The molecule has 2 aliphatic rings. The van der Waals surface area contributed by atoms with E-state index >= 15 is 0 Å². The number of nitriles is 3. The number of nitrogens with two attached hydrogens (primary N) is 1. The maximum atomic E-state index is 14.9. The Hall–Kier alpha value is -3.54. The molecule has 9 heteroatoms. The highest BCUT2D eigenvalue weighted by Gasteiger charge is 2.56. The van der Waals surface area contributed by atoms with Crippen LogP contribution in [0.1, 0.15) is 18.4 Å². The summed E-state index contributed by atoms with van der Waals surface area (Å²) in [6.45, 7) is 1.98. The molecular weight excluding hydrogens is 409 g/mol. The van der Waals surface area contributed by atoms with Crippen molar-refractivity contribution >= 4 is 17.7 Å². The van der Waals surface area contributed by atoms with Crippen LogP contribution in [0, 0.1) is 51.1 Å². The van der Waals surface area contributed by atoms with Gasteiger partial charge in [-0.15, -0.1) is 0 Å². The van der Waals surface area contributed by atoms with Crippen LogP contribution in [0.2, 0.25) is 5.02 Å². The number of nitrogens with zero attached hydrogens (tertiary/aromatic N) is 4. The minimum atomic E-state index is -2.05. The molecule has 0 saturated heterocycles. The molecule has 30 heavy (non-hydrogen) atoms. The van der Waals surface area contributed by atoms with Gasteiger partial charge >= 0.3 is 6.09 Å². The third kappa shape index (κ3) is 3.05. The van der Waals surface area contributed by atoms with Gasteiger partial charge in [-0.2, -0.15) is 15.8 Å². The first-order valence-corrected chi connectivity index (χ1v) is 9.52. The normalized spacial score (nSPS) is 22.1. The molecule has 1 aliphatic heterocycles. The Kier molecular flexibility index (Phi) is 5.69. The number of fused-ring (bicyclic) bond motifs is 1. The van der Waals surface area contributed by atoms with Crippen LogP contribution in [-0.4, -0.2) is 30.7 Å². The average Bonchev–Trinajstić information content (AvgIpc) is 2.74. The fourth-order valence-electron chi connectivity index (χ4n) is 4.16. The summed E-state index contributed by atoms with van der Waals surface area (Å²) < 4.78 is 20.0. The summed E-state index contributed by atoms with van der Waals surface area (Å²) >= 11 is 6.30. The second-order valence-electron chi connectivity index (χ2n) is 6.91. The van der Waals surface area contributed by atoms with Crippen molar-refractivity contribution in [3.8, 4) is 18.2 Å². The van der Waals surface area contributed by atoms with E-state index in [0.717, 1.165) is 0 Å². The van der Waals surface area contributed by atoms with Gasteiger partial charge in [0.05, 0.1) is 30.0 Å². The third-order valence-electron chi connectivity index (χ3n) is 5.50. The van der Waals surface area contributed by atoms with E-state index in [9.17, 15) is 25.0 Å². The van der Waals surface area contributed by atoms with E-state index in [1.165, 1.54) is 23.1 Å². The molecule has 3 rings (SSSR count). The molecule has 1 aromatic carbocycles. The molecule has 1 aliphatic carbocycles. The highest BCUT2D eigenvalue weighted by molar-refractivity contribution is 6.31. The fourth-order valence-corrected chi connectivity index (χ4v) is 4.44. The van der Waals surface area contributed by atoms with Gasteiger partial charge in [-0.1, -0.05) is 23.7 Å². The molecule has 0 radical (unpaired) electrons. The van der Waals surface area contributed by atoms with Gasteiger partial charge in [-0.3, -0.25) is 0 Å². The Bertz CT molecular complexity index is 1060. The fraction of sp³-hybridized carbons (Fsp3) is 0.333. The first-order chi connectivity index (χ1) is 14.4. The van der Waals surface area contributed by atoms with Crippen LogP contribution in [-0.2, 0) is 4.74 Å². The van der Waals surface area contributed by atoms with Crippen molar-refractivity contribution in [2.75, 3.05) is 19.7 Å². The minimum Gasteiger partial charge on any atom is -0.450 e. The van der Waals surface area contributed by atoms with Crippen LogP contribution < -0.4 is 5.73 Å². The molecule has 152 valence electrons. The minimum absolute atomic E-state index is 0.00354. The molecule has 0 saturated carbocycles. The molecule has 2 atom stereocenters. The van der Waals surface area contributed by atoms with Gasteiger partial charge in [0.2, 0.25) is 0 Å². The summed E-state index contributed by atoms with van der Waals surface area (Å²) in [4.78, 5) is 13.7. The van der Waals surface area contributed by atoms with Crippen molar-refractivity contribution in [2.24, 2.45) is 17.1 Å². The van der Waals surface area contributed by atoms with Crippen LogP contribution in [0.25, 0.3) is 0 Å². The van der Waals surface area contributed by atoms with Crippen molar-refractivity contribution in [1.29, 1.82) is 15.8 Å². The van der Waals surface area contributed by atoms with Gasteiger partial charge < -0.3 is 15.4 Å². The van der Waals surface area contributed by atoms with Crippen molar-refractivity contribution in [1.82, 2.24) is 4.90 Å². The Labute approximate surface area is 178 Å². The number of benzene rings is 1. The Morgan fingerprint density at radius 1 is 1.40 bits per heavy atom. The SMILES string of the molecule is CCOC(=O)N1CC=C2C(C#N)=C(N)C(C#N)(C#N)[C@@H](c3c(F)cccc3Cl)[C@H]2C1. The number of hydrogen-bond acceptors (Lipinski definition) is 6. The number of amides is 1. The zero-order chi connectivity index (χ0) is 22.1. The largest absolute Gasteiger partial charge is 0.450 e. The van der Waals surface area contributed by atoms with Crippen LogP contribution in [0.5, 0.6) is 0 Å². The first-order valence-electron chi connectivity index (χ1n) is 9.15. The zero-order valence-corrected chi connectivity index (χ0v) is 16.8. The summed E-state index contributed by atoms with van der Waals surface area (Å²) in [6, 6.07) is 9.82. The second kappa shape index (κ2) is 8.06. The predicted molar refractivity (Wildman–Crippen MR) is 105 cm³/mol. The van der Waals surface area contributed by atoms with E-state index < -0.39 is 29.2 Å². The molecule has 7 nitrogen and oxygen atoms in total. The topological polar surface area (TPSA) is 127 Å². The molecule has 1 aromatic rings. The summed E-state index contributed by atoms with van der Waals surface area (Å²) in [7, 11) is 0. The van der Waals surface area contributed by atoms with Crippen LogP contribution >= 0.6 is 11.6 Å². The van der Waals surface area contributed by atoms with Crippen molar-refractivity contribution < 1.29 is 13.9 Å². The van der Waals surface area contributed by atoms with E-state index in [2.05, 4.69) is 0 Å². The van der Waals surface area contributed by atoms with Crippen LogP contribution in [0.4, 0.5) is 9.18 Å². The lowest BCUT2D eigenvalue weighted by Crippen LogP contribution is -2.49. The number of hydrogen-bond donors (Lipinski definition) is 1. The van der Waals surface area contributed by atoms with E-state index in [1.807, 2.05) is 18.2 Å². The van der Waals surface area contributed by atoms with E-state index in [1.54, 1.807) is 13.0 Å². The van der Waals surface area contributed by atoms with Crippen LogP contribution in [0.3, 0.4) is 0 Å². The molecule has 0 spiro atoms. The van der Waals surface area contributed by atoms with Crippen LogP contribution in [0.15, 0.2) is 41.1 Å². The number of carbonyl (C=O) groups excluding carboxylic acids is 1. The first kappa shape index (κ1) is 21.2. The summed E-state index contributed by atoms with van der Waals surface area (Å²) in [5.74, 6) is -2.61. The molecule has 0 bridgehead atoms. The van der Waals surface area contributed by atoms with E-state index in [-0.39, 0.29) is 41.6 Å². The zero-order valence-electron chi connectivity index (χ0n) is 16.0. The van der Waals surface area contributed by atoms with Gasteiger partial charge in [0.1, 0.15) is 11.9 Å². The quantitative estimate of drug-likeness (QED) is 0.773. The lowest BCUT2D eigenvalue weighted by atomic mass is 9.58. The van der Waals surface area contributed by atoms with Gasteiger partial charge in [0.25, 0.3) is 0 Å². The van der Waals surface area contributed by atoms with E-state index in [4.69, 9.17) is 22.1 Å². The number of allylic oxidation sites excluding steroid dienone is 2. The number of rotatable bonds is 2. The Balaban J connectivity index is 2.31. The van der Waals surface area contributed by atoms with Crippen molar-refractivity contribution in [3.05, 3.63) is 57.5 Å². The van der Waals surface area contributed by atoms with Crippen molar-refractivity contribution in [2.45, 2.75) is 12.8 Å². The summed E-state index contributed by atoms with van der Waals surface area (Å²) in [5, 5.41) is 29.7. The smallest absolute Gasteiger partial charge is 0.410 e. The lowest BCUT2D eigenvalue weighted by molar-refractivity contribution is 0.0997. The molecule has 2 N–H and O–H groups in total. The lowest BCUT2D eigenvalue weighted by Gasteiger charge is -2.45. The summed E-state index contributed by atoms with van der Waals surface area (Å²) in [6.07, 6.45) is 1.03. The van der Waals surface area contributed by atoms with E-state index in [0.29, 0.717) is 5.57 Å². The number of halogens is 2. The van der Waals surface area contributed by atoms with Gasteiger partial charge in [-0.05, 0) is 24.6 Å². The molecule has 1 heterocycles. The van der Waals surface area contributed by atoms with Gasteiger partial charge in [0.15, 0.2) is 5.41 Å². The third-order valence-corrected chi connectivity index (χ3v) is 5.83. The highest BCUT2D eigenvalue weighted by Crippen LogP contribution is 2.55. The molecule has 0 unspecified atom stereocenters. The highest BCUT2D eigenvalue weighted by atomic mass is 35.5. The predicted octanol–water partition coefficient (Wildman–Crippen LogP) is 3.36. The Morgan fingerprint density at radius 3 is 2.67 bits per heavy atom. The second-order valence-corrected chi connectivity index (χ2v) is 7.32. The molecule has 1 amide bonds. The maximum absolute atomic E-state index is 14.9. The summed E-state index contributed by atoms with van der Waals surface area (Å²) in [5.41, 5.74) is 4.28. The average molecular weight is 426 g/mol.